The SMILES string of the molecule is Cc1csc(/C(C#N)=C/NC2CCCCC2C)n1. The summed E-state index contributed by atoms with van der Waals surface area (Å²) in [5.41, 5.74) is 1.62. The lowest BCUT2D eigenvalue weighted by Gasteiger charge is -2.29. The monoisotopic (exact) mass is 261 g/mol. The van der Waals surface area contributed by atoms with Gasteiger partial charge in [-0.3, -0.25) is 0 Å². The molecule has 2 unspecified atom stereocenters. The molecule has 96 valence electrons. The van der Waals surface area contributed by atoms with Crippen LogP contribution < -0.4 is 5.32 Å². The van der Waals surface area contributed by atoms with Crippen LogP contribution >= 0.6 is 11.3 Å². The second kappa shape index (κ2) is 6.01. The van der Waals surface area contributed by atoms with E-state index in [9.17, 15) is 5.26 Å². The molecule has 1 saturated carbocycles. The van der Waals surface area contributed by atoms with E-state index in [-0.39, 0.29) is 0 Å². The minimum absolute atomic E-state index is 0.503. The normalized spacial score (nSPS) is 24.6. The molecule has 2 rings (SSSR count). The van der Waals surface area contributed by atoms with Crippen molar-refractivity contribution in [3.63, 3.8) is 0 Å². The van der Waals surface area contributed by atoms with Gasteiger partial charge in [0.15, 0.2) is 0 Å². The highest BCUT2D eigenvalue weighted by atomic mass is 32.1. The smallest absolute Gasteiger partial charge is 0.135 e. The molecule has 0 aliphatic heterocycles. The van der Waals surface area contributed by atoms with Crippen molar-refractivity contribution in [3.05, 3.63) is 22.3 Å². The summed E-state index contributed by atoms with van der Waals surface area (Å²) in [6.07, 6.45) is 6.95. The van der Waals surface area contributed by atoms with Crippen LogP contribution in [-0.4, -0.2) is 11.0 Å². The Morgan fingerprint density at radius 2 is 2.33 bits per heavy atom. The number of aromatic nitrogens is 1. The molecule has 0 aromatic carbocycles. The number of nitriles is 1. The van der Waals surface area contributed by atoms with Gasteiger partial charge >= 0.3 is 0 Å². The van der Waals surface area contributed by atoms with Crippen molar-refractivity contribution >= 4 is 16.9 Å². The zero-order valence-corrected chi connectivity index (χ0v) is 11.8. The maximum Gasteiger partial charge on any atom is 0.135 e. The molecule has 0 bridgehead atoms. The van der Waals surface area contributed by atoms with Gasteiger partial charge in [0.25, 0.3) is 0 Å². The molecule has 18 heavy (non-hydrogen) atoms. The lowest BCUT2D eigenvalue weighted by atomic mass is 9.86. The van der Waals surface area contributed by atoms with Crippen molar-refractivity contribution in [2.75, 3.05) is 0 Å². The summed E-state index contributed by atoms with van der Waals surface area (Å²) < 4.78 is 0. The average Bonchev–Trinajstić information content (AvgIpc) is 2.79. The Morgan fingerprint density at radius 1 is 1.56 bits per heavy atom. The largest absolute Gasteiger partial charge is 0.387 e. The number of hydrogen-bond donors (Lipinski definition) is 1. The van der Waals surface area contributed by atoms with Crippen molar-refractivity contribution in [2.45, 2.75) is 45.6 Å². The number of nitrogens with one attached hydrogen (secondary N) is 1. The standard InChI is InChI=1S/C14H19N3S/c1-10-5-3-4-6-13(10)16-8-12(7-15)14-17-11(2)9-18-14/h8-10,13,16H,3-6H2,1-2H3/b12-8+. The maximum atomic E-state index is 9.19. The quantitative estimate of drug-likeness (QED) is 0.847. The van der Waals surface area contributed by atoms with Crippen LogP contribution in [0.25, 0.3) is 5.57 Å². The first-order chi connectivity index (χ1) is 8.70. The fraction of sp³-hybridized carbons (Fsp3) is 0.571. The molecule has 4 heteroatoms. The van der Waals surface area contributed by atoms with Crippen LogP contribution in [0, 0.1) is 24.2 Å². The maximum absolute atomic E-state index is 9.19. The number of aryl methyl sites for hydroxylation is 1. The molecule has 1 heterocycles. The van der Waals surface area contributed by atoms with Gasteiger partial charge in [0.05, 0.1) is 0 Å². The van der Waals surface area contributed by atoms with Crippen molar-refractivity contribution in [2.24, 2.45) is 5.92 Å². The van der Waals surface area contributed by atoms with Gasteiger partial charge in [-0.1, -0.05) is 19.8 Å². The minimum atomic E-state index is 0.503. The lowest BCUT2D eigenvalue weighted by molar-refractivity contribution is 0.302. The second-order valence-corrected chi connectivity index (χ2v) is 5.86. The molecule has 1 aromatic heterocycles. The second-order valence-electron chi connectivity index (χ2n) is 5.00. The zero-order chi connectivity index (χ0) is 13.0. The van der Waals surface area contributed by atoms with E-state index >= 15 is 0 Å². The molecule has 1 aliphatic carbocycles. The number of allylic oxidation sites excluding steroid dienone is 1. The van der Waals surface area contributed by atoms with Gasteiger partial charge in [0.1, 0.15) is 16.6 Å². The fourth-order valence-electron chi connectivity index (χ4n) is 2.37. The number of nitrogens with zero attached hydrogens (tertiary/aromatic N) is 2. The van der Waals surface area contributed by atoms with E-state index in [0.717, 1.165) is 10.7 Å². The minimum Gasteiger partial charge on any atom is -0.387 e. The van der Waals surface area contributed by atoms with Gasteiger partial charge in [-0.15, -0.1) is 11.3 Å². The van der Waals surface area contributed by atoms with Gasteiger partial charge < -0.3 is 5.32 Å². The van der Waals surface area contributed by atoms with Crippen LogP contribution in [0.1, 0.15) is 43.3 Å². The molecule has 1 aliphatic rings. The van der Waals surface area contributed by atoms with Crippen LogP contribution in [-0.2, 0) is 0 Å². The van der Waals surface area contributed by atoms with E-state index in [4.69, 9.17) is 0 Å². The first kappa shape index (κ1) is 13.1. The van der Waals surface area contributed by atoms with Crippen molar-refractivity contribution < 1.29 is 0 Å². The summed E-state index contributed by atoms with van der Waals surface area (Å²) in [4.78, 5) is 4.35. The summed E-state index contributed by atoms with van der Waals surface area (Å²) in [5.74, 6) is 0.688. The molecule has 0 saturated heterocycles. The third kappa shape index (κ3) is 3.11. The number of thiazole rings is 1. The van der Waals surface area contributed by atoms with E-state index in [1.54, 1.807) is 0 Å². The molecular formula is C14H19N3S. The van der Waals surface area contributed by atoms with Crippen molar-refractivity contribution in [1.29, 1.82) is 5.26 Å². The predicted octanol–water partition coefficient (Wildman–Crippen LogP) is 3.48. The van der Waals surface area contributed by atoms with Gasteiger partial charge in [0, 0.05) is 23.3 Å². The topological polar surface area (TPSA) is 48.7 Å². The fourth-order valence-corrected chi connectivity index (χ4v) is 3.14. The highest BCUT2D eigenvalue weighted by Crippen LogP contribution is 2.24. The highest BCUT2D eigenvalue weighted by molar-refractivity contribution is 7.10. The molecular weight excluding hydrogens is 242 g/mol. The summed E-state index contributed by atoms with van der Waals surface area (Å²) >= 11 is 1.53. The first-order valence-corrected chi connectivity index (χ1v) is 7.37. The van der Waals surface area contributed by atoms with Crippen LogP contribution in [0.4, 0.5) is 0 Å². The summed E-state index contributed by atoms with van der Waals surface area (Å²) in [5, 5.41) is 15.4. The third-order valence-corrected chi connectivity index (χ3v) is 4.52. The summed E-state index contributed by atoms with van der Waals surface area (Å²) in [6.45, 7) is 4.23. The summed E-state index contributed by atoms with van der Waals surface area (Å²) in [7, 11) is 0. The van der Waals surface area contributed by atoms with Gasteiger partial charge in [-0.2, -0.15) is 5.26 Å². The molecule has 1 N–H and O–H groups in total. The molecule has 0 radical (unpaired) electrons. The van der Waals surface area contributed by atoms with E-state index in [1.807, 2.05) is 18.5 Å². The Kier molecular flexibility index (Phi) is 4.38. The predicted molar refractivity (Wildman–Crippen MR) is 75.0 cm³/mol. The third-order valence-electron chi connectivity index (χ3n) is 3.52. The Labute approximate surface area is 113 Å². The van der Waals surface area contributed by atoms with Crippen LogP contribution in [0.15, 0.2) is 11.6 Å². The number of rotatable bonds is 3. The van der Waals surface area contributed by atoms with Crippen LogP contribution in [0.2, 0.25) is 0 Å². The van der Waals surface area contributed by atoms with Gasteiger partial charge in [-0.05, 0) is 25.7 Å². The Hall–Kier alpha value is -1.34. The number of hydrogen-bond acceptors (Lipinski definition) is 4. The lowest BCUT2D eigenvalue weighted by Crippen LogP contribution is -2.34. The van der Waals surface area contributed by atoms with Gasteiger partial charge in [-0.25, -0.2) is 4.98 Å². The molecule has 0 spiro atoms. The van der Waals surface area contributed by atoms with E-state index < -0.39 is 0 Å². The van der Waals surface area contributed by atoms with E-state index in [2.05, 4.69) is 23.3 Å². The molecule has 2 atom stereocenters. The average molecular weight is 261 g/mol. The zero-order valence-electron chi connectivity index (χ0n) is 10.9. The Bertz CT molecular complexity index is 470. The summed E-state index contributed by atoms with van der Waals surface area (Å²) in [6, 6.07) is 2.74. The Balaban J connectivity index is 2.04. The van der Waals surface area contributed by atoms with Crippen LogP contribution in [0.5, 0.6) is 0 Å². The molecule has 1 aromatic rings. The molecule has 3 nitrogen and oxygen atoms in total. The highest BCUT2D eigenvalue weighted by Gasteiger charge is 2.20. The van der Waals surface area contributed by atoms with E-state index in [1.165, 1.54) is 37.0 Å². The van der Waals surface area contributed by atoms with Crippen molar-refractivity contribution in [1.82, 2.24) is 10.3 Å². The van der Waals surface area contributed by atoms with Crippen molar-refractivity contribution in [3.8, 4) is 6.07 Å². The van der Waals surface area contributed by atoms with Crippen LogP contribution in [0.3, 0.4) is 0 Å². The molecule has 1 fully saturated rings. The first-order valence-electron chi connectivity index (χ1n) is 6.49. The molecule has 0 amide bonds. The van der Waals surface area contributed by atoms with Gasteiger partial charge in [0.2, 0.25) is 0 Å². The Morgan fingerprint density at radius 3 is 2.94 bits per heavy atom. The van der Waals surface area contributed by atoms with E-state index in [0.29, 0.717) is 17.5 Å².